The number of piperazine rings is 1. The Bertz CT molecular complexity index is 1180. The van der Waals surface area contributed by atoms with E-state index in [1.54, 1.807) is 18.5 Å². The summed E-state index contributed by atoms with van der Waals surface area (Å²) in [4.78, 5) is 19.0. The van der Waals surface area contributed by atoms with Gasteiger partial charge in [0.25, 0.3) is 10.0 Å². The van der Waals surface area contributed by atoms with Crippen molar-refractivity contribution in [1.29, 1.82) is 0 Å². The van der Waals surface area contributed by atoms with Crippen LogP contribution in [0.25, 0.3) is 0 Å². The Balaban J connectivity index is 1.47. The van der Waals surface area contributed by atoms with Crippen molar-refractivity contribution in [2.45, 2.75) is 61.9 Å². The summed E-state index contributed by atoms with van der Waals surface area (Å²) in [6.45, 7) is 2.90. The van der Waals surface area contributed by atoms with Crippen LogP contribution < -0.4 is 0 Å². The van der Waals surface area contributed by atoms with Gasteiger partial charge in [-0.2, -0.15) is 4.31 Å². The van der Waals surface area contributed by atoms with Crippen LogP contribution in [0.2, 0.25) is 0 Å². The quantitative estimate of drug-likeness (QED) is 0.528. The predicted octanol–water partition coefficient (Wildman–Crippen LogP) is 3.79. The Morgan fingerprint density at radius 3 is 2.31 bits per heavy atom. The van der Waals surface area contributed by atoms with Gasteiger partial charge in [-0.05, 0) is 49.9 Å². The molecule has 7 nitrogen and oxygen atoms in total. The summed E-state index contributed by atoms with van der Waals surface area (Å²) < 4.78 is 70.4. The first-order valence-electron chi connectivity index (χ1n) is 11.8. The second-order valence-corrected chi connectivity index (χ2v) is 11.6. The van der Waals surface area contributed by atoms with Gasteiger partial charge in [0.15, 0.2) is 10.8 Å². The van der Waals surface area contributed by atoms with Crippen LogP contribution in [-0.2, 0) is 17.1 Å². The largest absolute Gasteiger partial charge is 0.339 e. The summed E-state index contributed by atoms with van der Waals surface area (Å²) in [6, 6.07) is 4.03. The third-order valence-corrected chi connectivity index (χ3v) is 9.20. The number of carbonyl (C=O) groups is 1. The monoisotopic (exact) mass is 512 g/mol. The maximum absolute atomic E-state index is 14.1. The minimum atomic E-state index is -3.73. The van der Waals surface area contributed by atoms with Crippen molar-refractivity contribution >= 4 is 15.8 Å². The second-order valence-electron chi connectivity index (χ2n) is 9.73. The van der Waals surface area contributed by atoms with Crippen LogP contribution in [0, 0.1) is 12.7 Å². The van der Waals surface area contributed by atoms with Crippen molar-refractivity contribution in [1.82, 2.24) is 18.8 Å². The molecule has 4 rings (SSSR count). The zero-order chi connectivity index (χ0) is 25.4. The van der Waals surface area contributed by atoms with Crippen LogP contribution in [0.4, 0.5) is 13.2 Å². The molecule has 0 unspecified atom stereocenters. The Labute approximate surface area is 204 Å². The lowest BCUT2D eigenvalue weighted by atomic mass is 9.74. The average Bonchev–Trinajstić information content (AvgIpc) is 3.26. The van der Waals surface area contributed by atoms with Crippen LogP contribution in [0.15, 0.2) is 35.7 Å². The van der Waals surface area contributed by atoms with E-state index in [0.29, 0.717) is 30.6 Å². The van der Waals surface area contributed by atoms with E-state index in [0.717, 1.165) is 0 Å². The van der Waals surface area contributed by atoms with Gasteiger partial charge in [-0.15, -0.1) is 0 Å². The summed E-state index contributed by atoms with van der Waals surface area (Å²) in [5, 5.41) is -0.0132. The highest BCUT2D eigenvalue weighted by molar-refractivity contribution is 7.89. The molecule has 1 aromatic heterocycles. The molecule has 2 aliphatic rings. The number of aromatic nitrogens is 2. The number of halogens is 3. The highest BCUT2D eigenvalue weighted by atomic mass is 32.2. The number of Topliss-reactive ketones (excluding diaryl/α,β-unsaturated/α-hetero) is 1. The number of aryl methyl sites for hydroxylation is 2. The third-order valence-electron chi connectivity index (χ3n) is 7.41. The van der Waals surface area contributed by atoms with Crippen molar-refractivity contribution in [2.75, 3.05) is 26.2 Å². The van der Waals surface area contributed by atoms with E-state index in [1.165, 1.54) is 35.0 Å². The normalized spacial score (nSPS) is 21.2. The number of benzene rings is 1. The number of carbonyl (C=O) groups excluding carboxylic acids is 1. The summed E-state index contributed by atoms with van der Waals surface area (Å²) in [6.07, 6.45) is 3.39. The van der Waals surface area contributed by atoms with E-state index in [2.05, 4.69) is 9.88 Å². The van der Waals surface area contributed by atoms with Crippen molar-refractivity contribution in [3.05, 3.63) is 47.7 Å². The first-order valence-corrected chi connectivity index (χ1v) is 13.3. The topological polar surface area (TPSA) is 75.5 Å². The van der Waals surface area contributed by atoms with E-state index in [-0.39, 0.29) is 56.0 Å². The Morgan fingerprint density at radius 1 is 1.09 bits per heavy atom. The maximum atomic E-state index is 14.1. The molecule has 2 aromatic rings. The zero-order valence-corrected chi connectivity index (χ0v) is 20.8. The first-order chi connectivity index (χ1) is 16.4. The molecule has 192 valence electrons. The lowest BCUT2D eigenvalue weighted by Gasteiger charge is -2.50. The minimum Gasteiger partial charge on any atom is -0.339 e. The van der Waals surface area contributed by atoms with Gasteiger partial charge in [-0.1, -0.05) is 0 Å². The van der Waals surface area contributed by atoms with Crippen LogP contribution >= 0.6 is 0 Å². The van der Waals surface area contributed by atoms with Crippen LogP contribution in [0.5, 0.6) is 0 Å². The lowest BCUT2D eigenvalue weighted by Crippen LogP contribution is -2.59. The van der Waals surface area contributed by atoms with Crippen LogP contribution in [0.1, 0.15) is 54.4 Å². The second kappa shape index (κ2) is 9.67. The molecular formula is C24H31F3N4O3S. The lowest BCUT2D eigenvalue weighted by molar-refractivity contribution is -0.0891. The van der Waals surface area contributed by atoms with Crippen LogP contribution in [-0.4, -0.2) is 70.6 Å². The minimum absolute atomic E-state index is 0.0132. The standard InChI is InChI=1S/C24H31F3N4O3S/c1-18-15-19(25)3-4-20(18)21(32)5-6-23(7-9-24(26,27)10-8-23)30-11-13-31(14-12-30)35(33,34)22-16-29(2)17-28-22/h3-4,15-17H,5-14H2,1-2H3. The van der Waals surface area contributed by atoms with Gasteiger partial charge < -0.3 is 4.57 Å². The van der Waals surface area contributed by atoms with Crippen LogP contribution in [0.3, 0.4) is 0 Å². The molecule has 0 radical (unpaired) electrons. The molecule has 0 bridgehead atoms. The van der Waals surface area contributed by atoms with Gasteiger partial charge in [0.05, 0.1) is 6.33 Å². The van der Waals surface area contributed by atoms with E-state index >= 15 is 0 Å². The smallest absolute Gasteiger partial charge is 0.262 e. The third kappa shape index (κ3) is 5.46. The first kappa shape index (κ1) is 25.8. The van der Waals surface area contributed by atoms with Gasteiger partial charge >= 0.3 is 0 Å². The van der Waals surface area contributed by atoms with E-state index in [4.69, 9.17) is 0 Å². The molecule has 0 amide bonds. The molecule has 0 N–H and O–H groups in total. The number of hydrogen-bond donors (Lipinski definition) is 0. The summed E-state index contributed by atoms with van der Waals surface area (Å²) >= 11 is 0. The zero-order valence-electron chi connectivity index (χ0n) is 20.0. The van der Waals surface area contributed by atoms with Gasteiger partial charge in [0, 0.05) is 69.8 Å². The Hall–Kier alpha value is -2.24. The molecule has 35 heavy (non-hydrogen) atoms. The number of imidazole rings is 1. The molecular weight excluding hydrogens is 481 g/mol. The molecule has 1 saturated heterocycles. The molecule has 0 spiro atoms. The molecule has 1 aromatic carbocycles. The highest BCUT2D eigenvalue weighted by Gasteiger charge is 2.47. The predicted molar refractivity (Wildman–Crippen MR) is 124 cm³/mol. The number of alkyl halides is 2. The van der Waals surface area contributed by atoms with Crippen molar-refractivity contribution in [3.8, 4) is 0 Å². The number of nitrogens with zero attached hydrogens (tertiary/aromatic N) is 4. The summed E-state index contributed by atoms with van der Waals surface area (Å²) in [5.74, 6) is -3.29. The molecule has 11 heteroatoms. The van der Waals surface area contributed by atoms with E-state index < -0.39 is 27.3 Å². The maximum Gasteiger partial charge on any atom is 0.262 e. The molecule has 2 fully saturated rings. The van der Waals surface area contributed by atoms with E-state index in [9.17, 15) is 26.4 Å². The molecule has 2 heterocycles. The number of rotatable bonds is 7. The van der Waals surface area contributed by atoms with Crippen molar-refractivity contribution in [2.24, 2.45) is 7.05 Å². The highest BCUT2D eigenvalue weighted by Crippen LogP contribution is 2.44. The Kier molecular flexibility index (Phi) is 7.14. The fourth-order valence-electron chi connectivity index (χ4n) is 5.28. The molecule has 1 saturated carbocycles. The fraction of sp³-hybridized carbons (Fsp3) is 0.583. The van der Waals surface area contributed by atoms with Gasteiger partial charge in [0.2, 0.25) is 5.92 Å². The van der Waals surface area contributed by atoms with Gasteiger partial charge in [0.1, 0.15) is 5.82 Å². The van der Waals surface area contributed by atoms with Crippen molar-refractivity contribution in [3.63, 3.8) is 0 Å². The van der Waals surface area contributed by atoms with Crippen molar-refractivity contribution < 1.29 is 26.4 Å². The molecule has 1 aliphatic carbocycles. The number of hydrogen-bond acceptors (Lipinski definition) is 5. The van der Waals surface area contributed by atoms with Gasteiger partial charge in [-0.25, -0.2) is 26.6 Å². The fourth-order valence-corrected chi connectivity index (χ4v) is 6.67. The van der Waals surface area contributed by atoms with Gasteiger partial charge in [-0.3, -0.25) is 9.69 Å². The summed E-state index contributed by atoms with van der Waals surface area (Å²) in [5.41, 5.74) is 0.382. The number of sulfonamides is 1. The average molecular weight is 513 g/mol. The molecule has 1 aliphatic heterocycles. The Morgan fingerprint density at radius 2 is 1.74 bits per heavy atom. The van der Waals surface area contributed by atoms with E-state index in [1.807, 2.05) is 0 Å². The molecule has 0 atom stereocenters. The number of ketones is 1. The summed E-state index contributed by atoms with van der Waals surface area (Å²) in [7, 11) is -2.04. The SMILES string of the molecule is Cc1cc(F)ccc1C(=O)CCC1(N2CCN(S(=O)(=O)c3cn(C)cn3)CC2)CCC(F)(F)CC1.